The third-order valence-electron chi connectivity index (χ3n) is 4.38. The van der Waals surface area contributed by atoms with Crippen molar-refractivity contribution in [2.24, 2.45) is 17.6 Å². The molecule has 82 valence electrons. The predicted molar refractivity (Wildman–Crippen MR) is 61.1 cm³/mol. The van der Waals surface area contributed by atoms with Crippen molar-refractivity contribution in [1.82, 2.24) is 0 Å². The summed E-state index contributed by atoms with van der Waals surface area (Å²) in [5, 5.41) is 0. The van der Waals surface area contributed by atoms with Gasteiger partial charge in [-0.05, 0) is 24.7 Å². The Kier molecular flexibility index (Phi) is 3.86. The van der Waals surface area contributed by atoms with Crippen LogP contribution in [-0.2, 0) is 0 Å². The highest BCUT2D eigenvalue weighted by atomic mass is 14.7. The van der Waals surface area contributed by atoms with E-state index in [2.05, 4.69) is 0 Å². The Morgan fingerprint density at radius 2 is 1.21 bits per heavy atom. The first-order chi connectivity index (χ1) is 6.88. The Bertz CT molecular complexity index is 159. The lowest BCUT2D eigenvalue weighted by atomic mass is 9.74. The van der Waals surface area contributed by atoms with E-state index in [0.29, 0.717) is 6.04 Å². The zero-order valence-corrected chi connectivity index (χ0v) is 9.38. The molecule has 0 bridgehead atoms. The van der Waals surface area contributed by atoms with Crippen molar-refractivity contribution in [2.75, 3.05) is 0 Å². The fourth-order valence-electron chi connectivity index (χ4n) is 3.51. The monoisotopic (exact) mass is 195 g/mol. The van der Waals surface area contributed by atoms with Crippen LogP contribution in [0.25, 0.3) is 0 Å². The van der Waals surface area contributed by atoms with E-state index in [-0.39, 0.29) is 0 Å². The first-order valence-electron chi connectivity index (χ1n) is 6.63. The van der Waals surface area contributed by atoms with Crippen LogP contribution in [-0.4, -0.2) is 6.04 Å². The Morgan fingerprint density at radius 3 is 1.86 bits per heavy atom. The number of hydrogen-bond donors (Lipinski definition) is 1. The minimum absolute atomic E-state index is 0.534. The Hall–Kier alpha value is -0.0400. The van der Waals surface area contributed by atoms with E-state index in [4.69, 9.17) is 5.73 Å². The largest absolute Gasteiger partial charge is 0.327 e. The van der Waals surface area contributed by atoms with Crippen LogP contribution < -0.4 is 5.73 Å². The van der Waals surface area contributed by atoms with Crippen LogP contribution in [0, 0.1) is 11.8 Å². The lowest BCUT2D eigenvalue weighted by Gasteiger charge is -2.34. The van der Waals surface area contributed by atoms with E-state index in [0.717, 1.165) is 11.8 Å². The second-order valence-corrected chi connectivity index (χ2v) is 5.36. The summed E-state index contributed by atoms with van der Waals surface area (Å²) in [7, 11) is 0. The summed E-state index contributed by atoms with van der Waals surface area (Å²) in [4.78, 5) is 0. The molecule has 1 nitrogen and oxygen atoms in total. The van der Waals surface area contributed by atoms with Crippen molar-refractivity contribution in [3.8, 4) is 0 Å². The molecule has 2 unspecified atom stereocenters. The molecule has 14 heavy (non-hydrogen) atoms. The average Bonchev–Trinajstić information content (AvgIpc) is 2.47. The van der Waals surface area contributed by atoms with Gasteiger partial charge in [-0.25, -0.2) is 0 Å². The van der Waals surface area contributed by atoms with Crippen LogP contribution in [0.15, 0.2) is 0 Å². The molecule has 1 heteroatoms. The summed E-state index contributed by atoms with van der Waals surface area (Å²) >= 11 is 0. The van der Waals surface area contributed by atoms with Crippen LogP contribution >= 0.6 is 0 Å². The van der Waals surface area contributed by atoms with Gasteiger partial charge in [0, 0.05) is 6.04 Å². The Morgan fingerprint density at radius 1 is 0.643 bits per heavy atom. The molecule has 2 aliphatic carbocycles. The lowest BCUT2D eigenvalue weighted by Crippen LogP contribution is -2.37. The maximum absolute atomic E-state index is 6.26. The van der Waals surface area contributed by atoms with E-state index in [1.54, 1.807) is 0 Å². The van der Waals surface area contributed by atoms with Crippen LogP contribution in [0.4, 0.5) is 0 Å². The third kappa shape index (κ3) is 2.50. The fourth-order valence-corrected chi connectivity index (χ4v) is 3.51. The molecular weight excluding hydrogens is 170 g/mol. The zero-order valence-electron chi connectivity index (χ0n) is 9.38. The van der Waals surface area contributed by atoms with Crippen molar-refractivity contribution in [1.29, 1.82) is 0 Å². The SMILES string of the molecule is NC1CCCCC1C1CCCCCC1. The predicted octanol–water partition coefficient (Wildman–Crippen LogP) is 3.47. The summed E-state index contributed by atoms with van der Waals surface area (Å²) < 4.78 is 0. The van der Waals surface area contributed by atoms with Crippen molar-refractivity contribution < 1.29 is 0 Å². The van der Waals surface area contributed by atoms with Gasteiger partial charge in [0.15, 0.2) is 0 Å². The average molecular weight is 195 g/mol. The summed E-state index contributed by atoms with van der Waals surface area (Å²) in [5.74, 6) is 1.86. The Balaban J connectivity index is 1.90. The topological polar surface area (TPSA) is 26.0 Å². The molecule has 2 rings (SSSR count). The van der Waals surface area contributed by atoms with E-state index in [1.807, 2.05) is 0 Å². The standard InChI is InChI=1S/C13H25N/c14-13-10-6-5-9-12(13)11-7-3-1-2-4-8-11/h11-13H,1-10,14H2. The fraction of sp³-hybridized carbons (Fsp3) is 1.00. The molecular formula is C13H25N. The minimum Gasteiger partial charge on any atom is -0.327 e. The van der Waals surface area contributed by atoms with Crippen molar-refractivity contribution in [2.45, 2.75) is 70.3 Å². The van der Waals surface area contributed by atoms with E-state index in [1.165, 1.54) is 64.2 Å². The highest BCUT2D eigenvalue weighted by molar-refractivity contribution is 4.84. The lowest BCUT2D eigenvalue weighted by molar-refractivity contribution is 0.197. The van der Waals surface area contributed by atoms with E-state index < -0.39 is 0 Å². The highest BCUT2D eigenvalue weighted by Crippen LogP contribution is 2.36. The molecule has 2 fully saturated rings. The Labute approximate surface area is 88.4 Å². The van der Waals surface area contributed by atoms with Gasteiger partial charge >= 0.3 is 0 Å². The summed E-state index contributed by atoms with van der Waals surface area (Å²) in [6.07, 6.45) is 14.3. The second-order valence-electron chi connectivity index (χ2n) is 5.36. The molecule has 0 aromatic heterocycles. The quantitative estimate of drug-likeness (QED) is 0.637. The smallest absolute Gasteiger partial charge is 0.00698 e. The molecule has 2 atom stereocenters. The van der Waals surface area contributed by atoms with Gasteiger partial charge < -0.3 is 5.73 Å². The van der Waals surface area contributed by atoms with Crippen LogP contribution in [0.3, 0.4) is 0 Å². The molecule has 0 saturated heterocycles. The van der Waals surface area contributed by atoms with Gasteiger partial charge in [0.2, 0.25) is 0 Å². The molecule has 0 radical (unpaired) electrons. The summed E-state index contributed by atoms with van der Waals surface area (Å²) in [5.41, 5.74) is 6.26. The molecule has 0 aromatic rings. The van der Waals surface area contributed by atoms with Gasteiger partial charge in [0.1, 0.15) is 0 Å². The number of nitrogens with two attached hydrogens (primary N) is 1. The van der Waals surface area contributed by atoms with Gasteiger partial charge in [-0.1, -0.05) is 51.4 Å². The van der Waals surface area contributed by atoms with Gasteiger partial charge in [-0.15, -0.1) is 0 Å². The number of hydrogen-bond acceptors (Lipinski definition) is 1. The van der Waals surface area contributed by atoms with Gasteiger partial charge in [-0.2, -0.15) is 0 Å². The molecule has 0 aliphatic heterocycles. The maximum Gasteiger partial charge on any atom is 0.00698 e. The third-order valence-corrected chi connectivity index (χ3v) is 4.38. The van der Waals surface area contributed by atoms with E-state index >= 15 is 0 Å². The van der Waals surface area contributed by atoms with Crippen molar-refractivity contribution >= 4 is 0 Å². The molecule has 2 N–H and O–H groups in total. The normalized spacial score (nSPS) is 36.6. The van der Waals surface area contributed by atoms with Gasteiger partial charge in [0.05, 0.1) is 0 Å². The molecule has 2 aliphatic rings. The van der Waals surface area contributed by atoms with Crippen molar-refractivity contribution in [3.63, 3.8) is 0 Å². The zero-order chi connectivity index (χ0) is 9.80. The molecule has 0 spiro atoms. The molecule has 0 heterocycles. The summed E-state index contributed by atoms with van der Waals surface area (Å²) in [6, 6.07) is 0.534. The maximum atomic E-state index is 6.26. The van der Waals surface area contributed by atoms with Crippen LogP contribution in [0.1, 0.15) is 64.2 Å². The second kappa shape index (κ2) is 5.16. The van der Waals surface area contributed by atoms with Crippen LogP contribution in [0.5, 0.6) is 0 Å². The first kappa shape index (κ1) is 10.5. The molecule has 2 saturated carbocycles. The number of rotatable bonds is 1. The molecule has 0 amide bonds. The molecule has 0 aromatic carbocycles. The first-order valence-corrected chi connectivity index (χ1v) is 6.63. The van der Waals surface area contributed by atoms with Gasteiger partial charge in [-0.3, -0.25) is 0 Å². The minimum atomic E-state index is 0.534. The van der Waals surface area contributed by atoms with Crippen molar-refractivity contribution in [3.05, 3.63) is 0 Å². The van der Waals surface area contributed by atoms with Gasteiger partial charge in [0.25, 0.3) is 0 Å². The highest BCUT2D eigenvalue weighted by Gasteiger charge is 2.29. The van der Waals surface area contributed by atoms with Crippen LogP contribution in [0.2, 0.25) is 0 Å². The summed E-state index contributed by atoms with van der Waals surface area (Å²) in [6.45, 7) is 0. The van der Waals surface area contributed by atoms with E-state index in [9.17, 15) is 0 Å².